The molecular formula is C13H21N5O3. The molecule has 1 saturated heterocycles. The molecular weight excluding hydrogens is 274 g/mol. The first-order valence-corrected chi connectivity index (χ1v) is 6.95. The number of urea groups is 1. The standard InChI is InChI=1S/C13H21N5O3/c1-10-7-18(6-5-16(10)2)13(21)14-3-4-17-8-11(12(19)20)15-9-17/h8-10H,3-7H2,1-2H3,(H,14,21)(H,19,20). The number of rotatable bonds is 4. The molecule has 8 heteroatoms. The van der Waals surface area contributed by atoms with Crippen LogP contribution in [0.25, 0.3) is 0 Å². The maximum absolute atomic E-state index is 12.0. The van der Waals surface area contributed by atoms with Crippen LogP contribution in [-0.4, -0.2) is 75.7 Å². The summed E-state index contributed by atoms with van der Waals surface area (Å²) in [6, 6.07) is 0.282. The van der Waals surface area contributed by atoms with Gasteiger partial charge in [-0.1, -0.05) is 0 Å². The quantitative estimate of drug-likeness (QED) is 0.811. The molecule has 0 saturated carbocycles. The number of hydrogen-bond donors (Lipinski definition) is 2. The lowest BCUT2D eigenvalue weighted by Crippen LogP contribution is -2.54. The van der Waals surface area contributed by atoms with Crippen LogP contribution in [0, 0.1) is 0 Å². The van der Waals surface area contributed by atoms with Gasteiger partial charge in [-0.3, -0.25) is 0 Å². The number of hydrogen-bond acceptors (Lipinski definition) is 4. The van der Waals surface area contributed by atoms with Crippen LogP contribution < -0.4 is 5.32 Å². The van der Waals surface area contributed by atoms with Crippen LogP contribution in [-0.2, 0) is 6.54 Å². The average molecular weight is 295 g/mol. The van der Waals surface area contributed by atoms with Crippen molar-refractivity contribution in [3.8, 4) is 0 Å². The zero-order valence-electron chi connectivity index (χ0n) is 12.3. The molecule has 2 amide bonds. The first kappa shape index (κ1) is 15.3. The van der Waals surface area contributed by atoms with Crippen LogP contribution in [0.4, 0.5) is 4.79 Å². The van der Waals surface area contributed by atoms with E-state index >= 15 is 0 Å². The van der Waals surface area contributed by atoms with Crippen molar-refractivity contribution < 1.29 is 14.7 Å². The Hall–Kier alpha value is -2.09. The van der Waals surface area contributed by atoms with Gasteiger partial charge in [-0.25, -0.2) is 14.6 Å². The number of imidazole rings is 1. The van der Waals surface area contributed by atoms with Gasteiger partial charge in [-0.05, 0) is 14.0 Å². The lowest BCUT2D eigenvalue weighted by atomic mass is 10.2. The fraction of sp³-hybridized carbons (Fsp3) is 0.615. The summed E-state index contributed by atoms with van der Waals surface area (Å²) < 4.78 is 1.65. The van der Waals surface area contributed by atoms with Crippen molar-refractivity contribution >= 4 is 12.0 Å². The molecule has 1 atom stereocenters. The number of nitrogens with one attached hydrogen (secondary N) is 1. The molecule has 0 aliphatic carbocycles. The van der Waals surface area contributed by atoms with Crippen molar-refractivity contribution in [2.75, 3.05) is 33.2 Å². The van der Waals surface area contributed by atoms with Crippen LogP contribution in [0.1, 0.15) is 17.4 Å². The Balaban J connectivity index is 1.75. The lowest BCUT2D eigenvalue weighted by Gasteiger charge is -2.37. The van der Waals surface area contributed by atoms with Gasteiger partial charge in [0.05, 0.1) is 6.33 Å². The molecule has 2 rings (SSSR count). The summed E-state index contributed by atoms with van der Waals surface area (Å²) in [6.07, 6.45) is 2.90. The maximum atomic E-state index is 12.0. The molecule has 21 heavy (non-hydrogen) atoms. The Morgan fingerprint density at radius 3 is 2.86 bits per heavy atom. The van der Waals surface area contributed by atoms with Crippen LogP contribution in [0.2, 0.25) is 0 Å². The Morgan fingerprint density at radius 1 is 1.48 bits per heavy atom. The molecule has 0 aromatic carbocycles. The highest BCUT2D eigenvalue weighted by Crippen LogP contribution is 2.06. The average Bonchev–Trinajstić information content (AvgIpc) is 2.91. The third-order valence-corrected chi connectivity index (χ3v) is 3.75. The number of carboxylic acids is 1. The van der Waals surface area contributed by atoms with Gasteiger partial charge in [-0.15, -0.1) is 0 Å². The second kappa shape index (κ2) is 6.57. The number of carbonyl (C=O) groups is 2. The number of aromatic nitrogens is 2. The van der Waals surface area contributed by atoms with E-state index in [9.17, 15) is 9.59 Å². The van der Waals surface area contributed by atoms with Crippen molar-refractivity contribution in [3.63, 3.8) is 0 Å². The molecule has 2 N–H and O–H groups in total. The van der Waals surface area contributed by atoms with Crippen molar-refractivity contribution in [3.05, 3.63) is 18.2 Å². The molecule has 2 heterocycles. The van der Waals surface area contributed by atoms with E-state index in [1.54, 1.807) is 9.47 Å². The lowest BCUT2D eigenvalue weighted by molar-refractivity contribution is 0.0691. The summed E-state index contributed by atoms with van der Waals surface area (Å²) in [5.74, 6) is -1.05. The van der Waals surface area contributed by atoms with Gasteiger partial charge in [-0.2, -0.15) is 0 Å². The molecule has 116 valence electrons. The Bertz CT molecular complexity index is 516. The van der Waals surface area contributed by atoms with E-state index in [1.165, 1.54) is 12.5 Å². The number of amides is 2. The molecule has 1 aliphatic rings. The summed E-state index contributed by atoms with van der Waals surface area (Å²) in [5, 5.41) is 11.6. The highest BCUT2D eigenvalue weighted by Gasteiger charge is 2.23. The first-order valence-electron chi connectivity index (χ1n) is 6.95. The second-order valence-electron chi connectivity index (χ2n) is 5.31. The van der Waals surface area contributed by atoms with Gasteiger partial charge >= 0.3 is 12.0 Å². The minimum Gasteiger partial charge on any atom is -0.476 e. The third-order valence-electron chi connectivity index (χ3n) is 3.75. The molecule has 1 fully saturated rings. The van der Waals surface area contributed by atoms with Gasteiger partial charge in [0.25, 0.3) is 0 Å². The molecule has 8 nitrogen and oxygen atoms in total. The van der Waals surface area contributed by atoms with Gasteiger partial charge in [0.2, 0.25) is 0 Å². The zero-order valence-corrected chi connectivity index (χ0v) is 12.3. The van der Waals surface area contributed by atoms with E-state index in [0.717, 1.165) is 19.6 Å². The molecule has 1 unspecified atom stereocenters. The summed E-state index contributed by atoms with van der Waals surface area (Å²) in [4.78, 5) is 30.5. The minimum absolute atomic E-state index is 0.00854. The summed E-state index contributed by atoms with van der Waals surface area (Å²) in [7, 11) is 2.05. The van der Waals surface area contributed by atoms with Crippen molar-refractivity contribution in [1.29, 1.82) is 0 Å². The van der Waals surface area contributed by atoms with E-state index in [0.29, 0.717) is 19.1 Å². The van der Waals surface area contributed by atoms with E-state index < -0.39 is 5.97 Å². The predicted octanol–water partition coefficient (Wildman–Crippen LogP) is -0.0732. The monoisotopic (exact) mass is 295 g/mol. The number of nitrogens with zero attached hydrogens (tertiary/aromatic N) is 4. The smallest absolute Gasteiger partial charge is 0.356 e. The van der Waals surface area contributed by atoms with Gasteiger partial charge < -0.3 is 24.8 Å². The number of likely N-dealkylation sites (N-methyl/N-ethyl adjacent to an activating group) is 1. The highest BCUT2D eigenvalue weighted by molar-refractivity contribution is 5.84. The van der Waals surface area contributed by atoms with Gasteiger partial charge in [0.15, 0.2) is 5.69 Å². The van der Waals surface area contributed by atoms with E-state index in [1.807, 2.05) is 0 Å². The first-order chi connectivity index (χ1) is 9.97. The number of carboxylic acid groups (broad SMARTS) is 1. The van der Waals surface area contributed by atoms with Crippen LogP contribution in [0.3, 0.4) is 0 Å². The number of aromatic carboxylic acids is 1. The number of carbonyl (C=O) groups excluding carboxylic acids is 1. The molecule has 0 spiro atoms. The highest BCUT2D eigenvalue weighted by atomic mass is 16.4. The molecule has 0 radical (unpaired) electrons. The molecule has 1 aromatic heterocycles. The summed E-state index contributed by atoms with van der Waals surface area (Å²) >= 11 is 0. The van der Waals surface area contributed by atoms with Crippen molar-refractivity contribution in [2.45, 2.75) is 19.5 Å². The second-order valence-corrected chi connectivity index (χ2v) is 5.31. The van der Waals surface area contributed by atoms with Crippen molar-refractivity contribution in [2.24, 2.45) is 0 Å². The summed E-state index contributed by atoms with van der Waals surface area (Å²) in [5.41, 5.74) is 0.00854. The largest absolute Gasteiger partial charge is 0.476 e. The Kier molecular flexibility index (Phi) is 4.79. The maximum Gasteiger partial charge on any atom is 0.356 e. The number of piperazine rings is 1. The van der Waals surface area contributed by atoms with Gasteiger partial charge in [0.1, 0.15) is 0 Å². The van der Waals surface area contributed by atoms with Crippen LogP contribution >= 0.6 is 0 Å². The van der Waals surface area contributed by atoms with E-state index in [4.69, 9.17) is 5.11 Å². The Labute approximate surface area is 123 Å². The topological polar surface area (TPSA) is 90.7 Å². The SMILES string of the molecule is CC1CN(C(=O)NCCn2cnc(C(=O)O)c2)CCN1C. The van der Waals surface area contributed by atoms with E-state index in [2.05, 4.69) is 29.2 Å². The molecule has 1 aromatic rings. The minimum atomic E-state index is -1.05. The van der Waals surface area contributed by atoms with Crippen LogP contribution in [0.15, 0.2) is 12.5 Å². The normalized spacial score (nSPS) is 19.5. The summed E-state index contributed by atoms with van der Waals surface area (Å²) in [6.45, 7) is 5.35. The third kappa shape index (κ3) is 3.94. The predicted molar refractivity (Wildman–Crippen MR) is 76.3 cm³/mol. The molecule has 0 bridgehead atoms. The Morgan fingerprint density at radius 2 is 2.24 bits per heavy atom. The van der Waals surface area contributed by atoms with Crippen molar-refractivity contribution in [1.82, 2.24) is 24.7 Å². The van der Waals surface area contributed by atoms with Crippen LogP contribution in [0.5, 0.6) is 0 Å². The van der Waals surface area contributed by atoms with E-state index in [-0.39, 0.29) is 11.7 Å². The fourth-order valence-corrected chi connectivity index (χ4v) is 2.23. The molecule has 1 aliphatic heterocycles. The van der Waals surface area contributed by atoms with Gasteiger partial charge in [0, 0.05) is 45.0 Å². The fourth-order valence-electron chi connectivity index (χ4n) is 2.23. The zero-order chi connectivity index (χ0) is 15.4.